The predicted molar refractivity (Wildman–Crippen MR) is 152 cm³/mol. The number of nitrogen functional groups attached to an aromatic ring is 1. The second-order valence-electron chi connectivity index (χ2n) is 9.40. The van der Waals surface area contributed by atoms with Crippen molar-refractivity contribution in [3.63, 3.8) is 0 Å². The minimum atomic E-state index is -0.686. The molecule has 226 valence electrons. The number of esters is 1. The number of rotatable bonds is 9. The highest BCUT2D eigenvalue weighted by Crippen LogP contribution is 2.32. The molecular weight excluding hydrogens is 574 g/mol. The average molecular weight is 602 g/mol. The number of nitrogens with zero attached hydrogens (tertiary/aromatic N) is 14. The van der Waals surface area contributed by atoms with E-state index in [1.165, 1.54) is 33.5 Å². The lowest BCUT2D eigenvalue weighted by atomic mass is 10.2. The molecule has 0 spiro atoms. The third kappa shape index (κ3) is 5.22. The van der Waals surface area contributed by atoms with Gasteiger partial charge in [0.2, 0.25) is 0 Å². The minimum absolute atomic E-state index is 0.125. The molecule has 0 unspecified atom stereocenters. The Morgan fingerprint density at radius 1 is 0.841 bits per heavy atom. The molecule has 0 fully saturated rings. The van der Waals surface area contributed by atoms with Gasteiger partial charge < -0.3 is 15.6 Å². The molecule has 0 saturated heterocycles. The van der Waals surface area contributed by atoms with E-state index >= 15 is 0 Å². The zero-order valence-electron chi connectivity index (χ0n) is 24.5. The van der Waals surface area contributed by atoms with E-state index < -0.39 is 18.4 Å². The van der Waals surface area contributed by atoms with Crippen molar-refractivity contribution in [3.8, 4) is 11.6 Å². The highest BCUT2D eigenvalue weighted by molar-refractivity contribution is 6.00. The van der Waals surface area contributed by atoms with Gasteiger partial charge >= 0.3 is 5.97 Å². The van der Waals surface area contributed by atoms with E-state index in [0.717, 1.165) is 0 Å². The first-order valence-corrected chi connectivity index (χ1v) is 12.9. The van der Waals surface area contributed by atoms with Gasteiger partial charge in [0.05, 0.1) is 42.1 Å². The molecule has 0 amide bonds. The third-order valence-electron chi connectivity index (χ3n) is 6.54. The maximum Gasteiger partial charge on any atom is 0.343 e. The van der Waals surface area contributed by atoms with E-state index in [4.69, 9.17) is 10.5 Å². The Balaban J connectivity index is 1.41. The molecular formula is C25H27N15O4. The number of ketones is 1. The van der Waals surface area contributed by atoms with Crippen molar-refractivity contribution >= 4 is 40.6 Å². The molecule has 5 heterocycles. The number of carbonyl (C=O) groups is 2. The molecule has 44 heavy (non-hydrogen) atoms. The SMILES string of the molecule is COC(=O)c1cnn(C)c1N=Nc1c(C)nn(-c2ccc(-n3nc(C)c(N=Nc4c(C(=O)CO)cnn4C)c3N)nn2)c1C. The van der Waals surface area contributed by atoms with Gasteiger partial charge in [-0.2, -0.15) is 25.1 Å². The number of aryl methyl sites for hydroxylation is 4. The number of nitrogens with two attached hydrogens (primary N) is 1. The van der Waals surface area contributed by atoms with Crippen LogP contribution in [0.2, 0.25) is 0 Å². The first-order chi connectivity index (χ1) is 21.0. The van der Waals surface area contributed by atoms with Crippen LogP contribution in [0.15, 0.2) is 45.0 Å². The first kappa shape index (κ1) is 29.5. The van der Waals surface area contributed by atoms with Crippen LogP contribution in [0.1, 0.15) is 37.8 Å². The van der Waals surface area contributed by atoms with Crippen LogP contribution in [0.25, 0.3) is 11.6 Å². The summed E-state index contributed by atoms with van der Waals surface area (Å²) in [7, 11) is 4.50. The Bertz CT molecular complexity index is 1800. The zero-order chi connectivity index (χ0) is 31.7. The van der Waals surface area contributed by atoms with Crippen molar-refractivity contribution in [2.24, 2.45) is 34.6 Å². The maximum atomic E-state index is 12.0. The number of methoxy groups -OCH3 is 1. The standard InChI is InChI=1S/C25H27N15O4/c1-12-20(31-34-24-16(25(43)44-6)10-28-38(24)5)14(3)39(35-12)18-7-8-19(30-29-18)40-22(26)21(13(2)36-40)32-33-23-15(17(42)11-41)9-27-37(23)4/h7-10,41H,11,26H2,1-6H3. The van der Waals surface area contributed by atoms with Crippen LogP contribution in [0.3, 0.4) is 0 Å². The van der Waals surface area contributed by atoms with Gasteiger partial charge in [-0.1, -0.05) is 0 Å². The van der Waals surface area contributed by atoms with E-state index in [2.05, 4.69) is 51.0 Å². The van der Waals surface area contributed by atoms with Crippen LogP contribution in [0.4, 0.5) is 28.8 Å². The van der Waals surface area contributed by atoms with Crippen molar-refractivity contribution < 1.29 is 19.4 Å². The second kappa shape index (κ2) is 11.7. The second-order valence-corrected chi connectivity index (χ2v) is 9.40. The van der Waals surface area contributed by atoms with Gasteiger partial charge in [0.15, 0.2) is 40.6 Å². The first-order valence-electron chi connectivity index (χ1n) is 12.9. The highest BCUT2D eigenvalue weighted by atomic mass is 16.5. The van der Waals surface area contributed by atoms with Crippen molar-refractivity contribution in [1.82, 2.24) is 49.3 Å². The lowest BCUT2D eigenvalue weighted by molar-refractivity contribution is 0.0601. The number of aliphatic hydroxyl groups is 1. The minimum Gasteiger partial charge on any atom is -0.465 e. The van der Waals surface area contributed by atoms with Gasteiger partial charge in [-0.05, 0) is 32.9 Å². The molecule has 0 aliphatic rings. The van der Waals surface area contributed by atoms with Crippen LogP contribution in [0, 0.1) is 20.8 Å². The number of hydrogen-bond acceptors (Lipinski definition) is 15. The molecule has 5 aromatic heterocycles. The summed E-state index contributed by atoms with van der Waals surface area (Å²) >= 11 is 0. The van der Waals surface area contributed by atoms with Crippen LogP contribution in [-0.4, -0.2) is 79.9 Å². The zero-order valence-corrected chi connectivity index (χ0v) is 24.5. The summed E-state index contributed by atoms with van der Waals surface area (Å²) in [5.41, 5.74) is 9.02. The van der Waals surface area contributed by atoms with Crippen molar-refractivity contribution in [1.29, 1.82) is 0 Å². The Morgan fingerprint density at radius 3 is 1.95 bits per heavy atom. The molecule has 19 nitrogen and oxygen atoms in total. The van der Waals surface area contributed by atoms with Crippen LogP contribution < -0.4 is 5.73 Å². The van der Waals surface area contributed by atoms with Gasteiger partial charge in [-0.3, -0.25) is 4.79 Å². The van der Waals surface area contributed by atoms with Gasteiger partial charge in [-0.15, -0.1) is 30.7 Å². The highest BCUT2D eigenvalue weighted by Gasteiger charge is 2.20. The third-order valence-corrected chi connectivity index (χ3v) is 6.54. The summed E-state index contributed by atoms with van der Waals surface area (Å²) in [4.78, 5) is 24.0. The Kier molecular flexibility index (Phi) is 7.86. The van der Waals surface area contributed by atoms with E-state index in [0.29, 0.717) is 34.4 Å². The van der Waals surface area contributed by atoms with E-state index in [1.807, 2.05) is 0 Å². The molecule has 0 aromatic carbocycles. The van der Waals surface area contributed by atoms with Crippen LogP contribution >= 0.6 is 0 Å². The molecule has 0 aliphatic heterocycles. The van der Waals surface area contributed by atoms with Gasteiger partial charge in [-0.25, -0.2) is 18.8 Å². The number of ether oxygens (including phenoxy) is 1. The number of hydrogen-bond donors (Lipinski definition) is 2. The van der Waals surface area contributed by atoms with Crippen LogP contribution in [-0.2, 0) is 18.8 Å². The smallest absolute Gasteiger partial charge is 0.343 e. The van der Waals surface area contributed by atoms with Crippen molar-refractivity contribution in [2.75, 3.05) is 19.5 Å². The van der Waals surface area contributed by atoms with Gasteiger partial charge in [0, 0.05) is 14.1 Å². The van der Waals surface area contributed by atoms with E-state index in [9.17, 15) is 14.7 Å². The summed E-state index contributed by atoms with van der Waals surface area (Å²) in [6, 6.07) is 3.33. The number of carbonyl (C=O) groups excluding carboxylic acids is 2. The maximum absolute atomic E-state index is 12.0. The number of aromatic nitrogens is 10. The lowest BCUT2D eigenvalue weighted by Crippen LogP contribution is -2.08. The quantitative estimate of drug-likeness (QED) is 0.141. The monoisotopic (exact) mass is 601 g/mol. The molecule has 0 bridgehead atoms. The molecule has 5 rings (SSSR count). The average Bonchev–Trinajstić information content (AvgIpc) is 3.74. The summed E-state index contributed by atoms with van der Waals surface area (Å²) in [5, 5.41) is 51.6. The fourth-order valence-corrected chi connectivity index (χ4v) is 4.21. The fraction of sp³-hybridized carbons (Fsp3) is 0.280. The molecule has 3 N–H and O–H groups in total. The van der Waals surface area contributed by atoms with Gasteiger partial charge in [0.25, 0.3) is 0 Å². The molecule has 0 saturated carbocycles. The summed E-state index contributed by atoms with van der Waals surface area (Å²) in [5.74, 6) is 0.117. The van der Waals surface area contributed by atoms with Crippen molar-refractivity contribution in [2.45, 2.75) is 20.8 Å². The summed E-state index contributed by atoms with van der Waals surface area (Å²) in [6.45, 7) is 4.57. The normalized spacial score (nSPS) is 11.7. The van der Waals surface area contributed by atoms with Crippen LogP contribution in [0.5, 0.6) is 0 Å². The molecule has 5 aromatic rings. The number of Topliss-reactive ketones (excluding diaryl/α,β-unsaturated/α-hetero) is 1. The molecule has 0 atom stereocenters. The number of aliphatic hydroxyl groups excluding tert-OH is 1. The Labute approximate surface area is 248 Å². The van der Waals surface area contributed by atoms with Gasteiger partial charge in [0.1, 0.15) is 17.9 Å². The van der Waals surface area contributed by atoms with Crippen molar-refractivity contribution in [3.05, 3.63) is 52.7 Å². The molecule has 19 heteroatoms. The Morgan fingerprint density at radius 2 is 1.36 bits per heavy atom. The molecule has 0 aliphatic carbocycles. The fourth-order valence-electron chi connectivity index (χ4n) is 4.21. The predicted octanol–water partition coefficient (Wildman–Crippen LogP) is 2.61. The van der Waals surface area contributed by atoms with E-state index in [-0.39, 0.29) is 34.3 Å². The number of azo groups is 2. The number of anilines is 1. The summed E-state index contributed by atoms with van der Waals surface area (Å²) < 4.78 is 10.5. The largest absolute Gasteiger partial charge is 0.465 e. The van der Waals surface area contributed by atoms with E-state index in [1.54, 1.807) is 51.7 Å². The topological polar surface area (TPSA) is 236 Å². The molecule has 0 radical (unpaired) electrons. The lowest BCUT2D eigenvalue weighted by Gasteiger charge is -2.05. The Hall–Kier alpha value is -5.98. The summed E-state index contributed by atoms with van der Waals surface area (Å²) in [6.07, 6.45) is 2.66.